The minimum atomic E-state index is -4.63. The topological polar surface area (TPSA) is 78.8 Å². The summed E-state index contributed by atoms with van der Waals surface area (Å²) >= 11 is 0. The van der Waals surface area contributed by atoms with Crippen LogP contribution in [-0.4, -0.2) is 33.2 Å². The average Bonchev–Trinajstić information content (AvgIpc) is 2.99. The summed E-state index contributed by atoms with van der Waals surface area (Å²) in [4.78, 5) is 12.0. The molecule has 0 radical (unpaired) electrons. The van der Waals surface area contributed by atoms with Crippen molar-refractivity contribution in [2.24, 2.45) is 5.73 Å². The van der Waals surface area contributed by atoms with Crippen LogP contribution in [0.5, 0.6) is 5.75 Å². The van der Waals surface area contributed by atoms with Gasteiger partial charge in [0.05, 0.1) is 36.2 Å². The van der Waals surface area contributed by atoms with E-state index in [0.29, 0.717) is 24.4 Å². The van der Waals surface area contributed by atoms with E-state index in [4.69, 9.17) is 10.5 Å². The molecule has 3 rings (SSSR count). The zero-order chi connectivity index (χ0) is 18.0. The standard InChI is InChI=1S/C16H16F3N5O/c1-25-11-4-5-13-12(7-11)23-15(16(17,18)19)24(13)14-9-21-10(8-22-14)3-2-6-20/h4-5,7-9H,2-3,6,20H2,1H3. The highest BCUT2D eigenvalue weighted by Gasteiger charge is 2.38. The molecule has 25 heavy (non-hydrogen) atoms. The first kappa shape index (κ1) is 17.2. The van der Waals surface area contributed by atoms with Crippen LogP contribution < -0.4 is 10.5 Å². The highest BCUT2D eigenvalue weighted by atomic mass is 19.4. The van der Waals surface area contributed by atoms with E-state index >= 15 is 0 Å². The van der Waals surface area contributed by atoms with E-state index < -0.39 is 12.0 Å². The van der Waals surface area contributed by atoms with Crippen molar-refractivity contribution in [1.82, 2.24) is 19.5 Å². The molecule has 6 nitrogen and oxygen atoms in total. The van der Waals surface area contributed by atoms with E-state index in [2.05, 4.69) is 15.0 Å². The second kappa shape index (κ2) is 6.67. The fourth-order valence-corrected chi connectivity index (χ4v) is 2.48. The molecule has 0 spiro atoms. The lowest BCUT2D eigenvalue weighted by atomic mass is 10.2. The van der Waals surface area contributed by atoms with Crippen LogP contribution in [0.1, 0.15) is 17.9 Å². The molecule has 0 aliphatic heterocycles. The normalized spacial score (nSPS) is 11.9. The number of fused-ring (bicyclic) bond motifs is 1. The van der Waals surface area contributed by atoms with Gasteiger partial charge in [-0.3, -0.25) is 9.55 Å². The smallest absolute Gasteiger partial charge is 0.450 e. The van der Waals surface area contributed by atoms with Gasteiger partial charge >= 0.3 is 6.18 Å². The number of aryl methyl sites for hydroxylation is 1. The molecule has 0 bridgehead atoms. The molecule has 9 heteroatoms. The predicted molar refractivity (Wildman–Crippen MR) is 85.6 cm³/mol. The number of methoxy groups -OCH3 is 1. The first-order valence-corrected chi connectivity index (χ1v) is 7.59. The van der Waals surface area contributed by atoms with Gasteiger partial charge in [0.1, 0.15) is 5.75 Å². The maximum absolute atomic E-state index is 13.4. The first-order chi connectivity index (χ1) is 11.9. The van der Waals surface area contributed by atoms with Crippen LogP contribution in [0.15, 0.2) is 30.6 Å². The maximum atomic E-state index is 13.4. The summed E-state index contributed by atoms with van der Waals surface area (Å²) in [5.41, 5.74) is 6.56. The number of ether oxygens (including phenoxy) is 1. The van der Waals surface area contributed by atoms with Crippen molar-refractivity contribution in [3.63, 3.8) is 0 Å². The van der Waals surface area contributed by atoms with Gasteiger partial charge in [-0.05, 0) is 31.5 Å². The van der Waals surface area contributed by atoms with Gasteiger partial charge in [-0.25, -0.2) is 9.97 Å². The van der Waals surface area contributed by atoms with Crippen LogP contribution >= 0.6 is 0 Å². The van der Waals surface area contributed by atoms with E-state index in [1.165, 1.54) is 31.6 Å². The Hall–Kier alpha value is -2.68. The van der Waals surface area contributed by atoms with Gasteiger partial charge in [0.25, 0.3) is 0 Å². The van der Waals surface area contributed by atoms with Crippen molar-refractivity contribution >= 4 is 11.0 Å². The molecule has 0 aliphatic rings. The maximum Gasteiger partial charge on any atom is 0.450 e. The summed E-state index contributed by atoms with van der Waals surface area (Å²) in [5.74, 6) is -0.578. The highest BCUT2D eigenvalue weighted by molar-refractivity contribution is 5.79. The molecule has 0 aliphatic carbocycles. The molecular weight excluding hydrogens is 335 g/mol. The number of nitrogens with two attached hydrogens (primary N) is 1. The minimum Gasteiger partial charge on any atom is -0.497 e. The lowest BCUT2D eigenvalue weighted by Crippen LogP contribution is -2.15. The van der Waals surface area contributed by atoms with Crippen molar-refractivity contribution < 1.29 is 17.9 Å². The Labute approximate surface area is 141 Å². The Balaban J connectivity index is 2.13. The third-order valence-corrected chi connectivity index (χ3v) is 3.67. The van der Waals surface area contributed by atoms with E-state index in [1.54, 1.807) is 6.07 Å². The van der Waals surface area contributed by atoms with Crippen LogP contribution in [0.25, 0.3) is 16.9 Å². The number of aromatic nitrogens is 4. The largest absolute Gasteiger partial charge is 0.497 e. The van der Waals surface area contributed by atoms with Crippen LogP contribution in [0, 0.1) is 0 Å². The summed E-state index contributed by atoms with van der Waals surface area (Å²) in [5, 5.41) is 0. The summed E-state index contributed by atoms with van der Waals surface area (Å²) in [6.45, 7) is 0.510. The van der Waals surface area contributed by atoms with Crippen LogP contribution in [0.2, 0.25) is 0 Å². The van der Waals surface area contributed by atoms with Crippen molar-refractivity contribution in [1.29, 1.82) is 0 Å². The molecule has 0 atom stereocenters. The molecule has 2 aromatic heterocycles. The monoisotopic (exact) mass is 351 g/mol. The van der Waals surface area contributed by atoms with Gasteiger partial charge in [0.2, 0.25) is 5.82 Å². The molecule has 2 N–H and O–H groups in total. The third-order valence-electron chi connectivity index (χ3n) is 3.67. The van der Waals surface area contributed by atoms with Gasteiger partial charge < -0.3 is 10.5 Å². The first-order valence-electron chi connectivity index (χ1n) is 7.59. The van der Waals surface area contributed by atoms with Crippen LogP contribution in [0.4, 0.5) is 13.2 Å². The lowest BCUT2D eigenvalue weighted by molar-refractivity contribution is -0.145. The molecule has 0 amide bonds. The van der Waals surface area contributed by atoms with E-state index in [-0.39, 0.29) is 16.9 Å². The number of rotatable bonds is 5. The summed E-state index contributed by atoms with van der Waals surface area (Å²) in [6.07, 6.45) is -0.507. The summed E-state index contributed by atoms with van der Waals surface area (Å²) in [6, 6.07) is 4.54. The van der Waals surface area contributed by atoms with E-state index in [0.717, 1.165) is 11.0 Å². The molecule has 0 fully saturated rings. The molecule has 132 valence electrons. The van der Waals surface area contributed by atoms with Gasteiger partial charge in [-0.15, -0.1) is 0 Å². The van der Waals surface area contributed by atoms with Crippen molar-refractivity contribution in [2.45, 2.75) is 19.0 Å². The fourth-order valence-electron chi connectivity index (χ4n) is 2.48. The van der Waals surface area contributed by atoms with Crippen molar-refractivity contribution in [2.75, 3.05) is 13.7 Å². The number of benzene rings is 1. The van der Waals surface area contributed by atoms with E-state index in [1.807, 2.05) is 0 Å². The second-order valence-corrected chi connectivity index (χ2v) is 5.38. The Morgan fingerprint density at radius 3 is 2.60 bits per heavy atom. The number of nitrogens with zero attached hydrogens (tertiary/aromatic N) is 4. The Kier molecular flexibility index (Phi) is 4.58. The SMILES string of the molecule is COc1ccc2c(c1)nc(C(F)(F)F)n2-c1cnc(CCCN)cn1. The minimum absolute atomic E-state index is 0.0523. The van der Waals surface area contributed by atoms with Gasteiger partial charge in [-0.1, -0.05) is 0 Å². The second-order valence-electron chi connectivity index (χ2n) is 5.38. The fraction of sp³-hybridized carbons (Fsp3) is 0.312. The quantitative estimate of drug-likeness (QED) is 0.765. The predicted octanol–water partition coefficient (Wildman–Crippen LogP) is 2.73. The third kappa shape index (κ3) is 3.41. The van der Waals surface area contributed by atoms with Gasteiger partial charge in [-0.2, -0.15) is 13.2 Å². The van der Waals surface area contributed by atoms with Crippen LogP contribution in [0.3, 0.4) is 0 Å². The molecular formula is C16H16F3N5O. The zero-order valence-corrected chi connectivity index (χ0v) is 13.4. The van der Waals surface area contributed by atoms with Crippen molar-refractivity contribution in [3.8, 4) is 11.6 Å². The average molecular weight is 351 g/mol. The van der Waals surface area contributed by atoms with Gasteiger partial charge in [0.15, 0.2) is 5.82 Å². The Bertz CT molecular complexity index is 874. The van der Waals surface area contributed by atoms with Crippen molar-refractivity contribution in [3.05, 3.63) is 42.1 Å². The van der Waals surface area contributed by atoms with Crippen LogP contribution in [-0.2, 0) is 12.6 Å². The highest BCUT2D eigenvalue weighted by Crippen LogP contribution is 2.34. The molecule has 0 saturated heterocycles. The molecule has 0 unspecified atom stereocenters. The van der Waals surface area contributed by atoms with E-state index in [9.17, 15) is 13.2 Å². The number of hydrogen-bond donors (Lipinski definition) is 1. The number of hydrogen-bond acceptors (Lipinski definition) is 5. The van der Waals surface area contributed by atoms with Gasteiger partial charge in [0, 0.05) is 6.07 Å². The molecule has 2 heterocycles. The molecule has 1 aromatic carbocycles. The summed E-state index contributed by atoms with van der Waals surface area (Å²) < 4.78 is 46.3. The summed E-state index contributed by atoms with van der Waals surface area (Å²) in [7, 11) is 1.44. The zero-order valence-electron chi connectivity index (χ0n) is 13.4. The Morgan fingerprint density at radius 1 is 1.20 bits per heavy atom. The Morgan fingerprint density at radius 2 is 2.00 bits per heavy atom. The molecule has 0 saturated carbocycles. The number of imidazole rings is 1. The number of halogens is 3. The number of alkyl halides is 3. The molecule has 3 aromatic rings. The lowest BCUT2D eigenvalue weighted by Gasteiger charge is -2.10.